The summed E-state index contributed by atoms with van der Waals surface area (Å²) in [6.45, 7) is 0. The lowest BCUT2D eigenvalue weighted by atomic mass is 9.92. The number of carbonyl (C=O) groups excluding carboxylic acids is 1. The highest BCUT2D eigenvalue weighted by Gasteiger charge is 2.29. The van der Waals surface area contributed by atoms with Crippen LogP contribution in [-0.4, -0.2) is 29.5 Å². The summed E-state index contributed by atoms with van der Waals surface area (Å²) in [4.78, 5) is 10.9. The number of halogens is 1. The molecule has 2 unspecified atom stereocenters. The van der Waals surface area contributed by atoms with Crippen molar-refractivity contribution >= 4 is 17.3 Å². The predicted molar refractivity (Wildman–Crippen MR) is 54.2 cm³/mol. The molecule has 0 bridgehead atoms. The van der Waals surface area contributed by atoms with Crippen molar-refractivity contribution in [2.24, 2.45) is 21.7 Å². The van der Waals surface area contributed by atoms with Gasteiger partial charge in [0, 0.05) is 5.57 Å². The van der Waals surface area contributed by atoms with Gasteiger partial charge in [0.25, 0.3) is 5.91 Å². The Balaban J connectivity index is 2.43. The van der Waals surface area contributed by atoms with Gasteiger partial charge in [-0.25, -0.2) is 4.39 Å². The number of alkyl halides is 1. The van der Waals surface area contributed by atoms with Crippen LogP contribution in [0.4, 0.5) is 4.39 Å². The third-order valence-electron chi connectivity index (χ3n) is 2.22. The van der Waals surface area contributed by atoms with Crippen LogP contribution in [-0.2, 0) is 4.79 Å². The van der Waals surface area contributed by atoms with E-state index in [0.29, 0.717) is 11.3 Å². The van der Waals surface area contributed by atoms with Gasteiger partial charge in [0.15, 0.2) is 0 Å². The first-order valence-electron chi connectivity index (χ1n) is 4.35. The lowest BCUT2D eigenvalue weighted by Crippen LogP contribution is -2.45. The van der Waals surface area contributed by atoms with Crippen molar-refractivity contribution in [3.05, 3.63) is 23.8 Å². The SMILES string of the molecule is NC(=O)C1=NN=C2C=CC(F)C=C2C1N. The van der Waals surface area contributed by atoms with E-state index in [0.717, 1.165) is 0 Å². The van der Waals surface area contributed by atoms with Gasteiger partial charge >= 0.3 is 0 Å². The zero-order valence-electron chi connectivity index (χ0n) is 7.72. The molecule has 4 N–H and O–H groups in total. The summed E-state index contributed by atoms with van der Waals surface area (Å²) in [6.07, 6.45) is 2.92. The van der Waals surface area contributed by atoms with Gasteiger partial charge in [0.05, 0.1) is 11.8 Å². The average Bonchev–Trinajstić information content (AvgIpc) is 2.19. The first-order valence-corrected chi connectivity index (χ1v) is 4.35. The van der Waals surface area contributed by atoms with Crippen LogP contribution in [0.15, 0.2) is 34.0 Å². The van der Waals surface area contributed by atoms with E-state index in [2.05, 4.69) is 10.2 Å². The zero-order valence-corrected chi connectivity index (χ0v) is 7.72. The molecule has 1 heterocycles. The van der Waals surface area contributed by atoms with Crippen molar-refractivity contribution in [2.45, 2.75) is 12.2 Å². The van der Waals surface area contributed by atoms with E-state index in [1.165, 1.54) is 18.2 Å². The smallest absolute Gasteiger partial charge is 0.267 e. The van der Waals surface area contributed by atoms with Gasteiger partial charge < -0.3 is 11.5 Å². The molecule has 78 valence electrons. The molecule has 2 aliphatic rings. The van der Waals surface area contributed by atoms with Crippen LogP contribution in [0.2, 0.25) is 0 Å². The molecule has 1 amide bonds. The van der Waals surface area contributed by atoms with Gasteiger partial charge in [0.2, 0.25) is 0 Å². The summed E-state index contributed by atoms with van der Waals surface area (Å²) in [5.74, 6) is -0.740. The van der Waals surface area contributed by atoms with Crippen molar-refractivity contribution in [1.82, 2.24) is 0 Å². The molecule has 0 saturated carbocycles. The Bertz CT molecular complexity index is 435. The maximum atomic E-state index is 13.0. The van der Waals surface area contributed by atoms with E-state index in [4.69, 9.17) is 11.5 Å². The highest BCUT2D eigenvalue weighted by atomic mass is 19.1. The second kappa shape index (κ2) is 3.39. The Labute approximate surface area is 85.0 Å². The molecule has 5 nitrogen and oxygen atoms in total. The molecule has 1 aliphatic heterocycles. The number of rotatable bonds is 1. The molecule has 0 radical (unpaired) electrons. The second-order valence-corrected chi connectivity index (χ2v) is 3.24. The summed E-state index contributed by atoms with van der Waals surface area (Å²) in [6, 6.07) is -0.793. The van der Waals surface area contributed by atoms with E-state index in [1.54, 1.807) is 0 Å². The number of hydrogen-bond acceptors (Lipinski definition) is 4. The molecule has 1 aliphatic carbocycles. The number of nitrogens with two attached hydrogens (primary N) is 2. The lowest BCUT2D eigenvalue weighted by molar-refractivity contribution is -0.112. The maximum Gasteiger partial charge on any atom is 0.267 e. The standard InChI is InChI=1S/C9H9FN4O/c10-4-1-2-6-5(3-4)7(11)8(9(12)15)14-13-6/h1-4,7H,11H2,(H2,12,15). The summed E-state index contributed by atoms with van der Waals surface area (Å²) in [7, 11) is 0. The normalized spacial score (nSPS) is 28.8. The largest absolute Gasteiger partial charge is 0.364 e. The average molecular weight is 208 g/mol. The second-order valence-electron chi connectivity index (χ2n) is 3.24. The number of carbonyl (C=O) groups is 1. The Kier molecular flexibility index (Phi) is 2.20. The van der Waals surface area contributed by atoms with Crippen LogP contribution in [0.1, 0.15) is 0 Å². The third-order valence-corrected chi connectivity index (χ3v) is 2.22. The summed E-state index contributed by atoms with van der Waals surface area (Å²) < 4.78 is 13.0. The van der Waals surface area contributed by atoms with Crippen molar-refractivity contribution in [1.29, 1.82) is 0 Å². The molecule has 6 heteroatoms. The van der Waals surface area contributed by atoms with Gasteiger partial charge in [-0.05, 0) is 18.2 Å². The molecular weight excluding hydrogens is 199 g/mol. The van der Waals surface area contributed by atoms with Gasteiger partial charge in [-0.1, -0.05) is 0 Å². The van der Waals surface area contributed by atoms with E-state index in [-0.39, 0.29) is 5.71 Å². The number of nitrogens with zero attached hydrogens (tertiary/aromatic N) is 2. The van der Waals surface area contributed by atoms with Crippen LogP contribution in [0.3, 0.4) is 0 Å². The Morgan fingerprint density at radius 3 is 2.87 bits per heavy atom. The third kappa shape index (κ3) is 1.59. The monoisotopic (exact) mass is 208 g/mol. The Morgan fingerprint density at radius 2 is 2.20 bits per heavy atom. The van der Waals surface area contributed by atoms with E-state index < -0.39 is 18.1 Å². The number of amides is 1. The quantitative estimate of drug-likeness (QED) is 0.604. The molecule has 0 spiro atoms. The molecule has 0 aromatic rings. The van der Waals surface area contributed by atoms with Gasteiger partial charge in [-0.15, -0.1) is 5.10 Å². The van der Waals surface area contributed by atoms with Crippen molar-refractivity contribution < 1.29 is 9.18 Å². The number of primary amides is 1. The fourth-order valence-corrected chi connectivity index (χ4v) is 1.47. The highest BCUT2D eigenvalue weighted by molar-refractivity contribution is 6.43. The molecule has 0 aromatic heterocycles. The summed E-state index contributed by atoms with van der Waals surface area (Å²) >= 11 is 0. The van der Waals surface area contributed by atoms with E-state index in [9.17, 15) is 9.18 Å². The molecule has 15 heavy (non-hydrogen) atoms. The van der Waals surface area contributed by atoms with Crippen LogP contribution in [0, 0.1) is 0 Å². The van der Waals surface area contributed by atoms with Gasteiger partial charge in [-0.3, -0.25) is 4.79 Å². The molecule has 0 aromatic carbocycles. The zero-order chi connectivity index (χ0) is 11.0. The number of fused-ring (bicyclic) bond motifs is 1. The van der Waals surface area contributed by atoms with Crippen molar-refractivity contribution in [2.75, 3.05) is 0 Å². The first-order chi connectivity index (χ1) is 7.09. The topological polar surface area (TPSA) is 93.8 Å². The van der Waals surface area contributed by atoms with E-state index >= 15 is 0 Å². The minimum atomic E-state index is -1.21. The summed E-state index contributed by atoms with van der Waals surface area (Å²) in [5.41, 5.74) is 11.6. The molecular formula is C9H9FN4O. The molecule has 0 saturated heterocycles. The van der Waals surface area contributed by atoms with Gasteiger partial charge in [0.1, 0.15) is 11.9 Å². The van der Waals surface area contributed by atoms with Crippen LogP contribution in [0.25, 0.3) is 0 Å². The van der Waals surface area contributed by atoms with Crippen LogP contribution >= 0.6 is 0 Å². The fourth-order valence-electron chi connectivity index (χ4n) is 1.47. The minimum Gasteiger partial charge on any atom is -0.364 e. The molecule has 2 rings (SSSR count). The lowest BCUT2D eigenvalue weighted by Gasteiger charge is -2.21. The van der Waals surface area contributed by atoms with Crippen LogP contribution < -0.4 is 11.5 Å². The fraction of sp³-hybridized carbons (Fsp3) is 0.222. The maximum absolute atomic E-state index is 13.0. The number of allylic oxidation sites excluding steroid dienone is 3. The Hall–Kier alpha value is -1.82. The van der Waals surface area contributed by atoms with Crippen LogP contribution in [0.5, 0.6) is 0 Å². The molecule has 2 atom stereocenters. The van der Waals surface area contributed by atoms with E-state index in [1.807, 2.05) is 0 Å². The Morgan fingerprint density at radius 1 is 1.47 bits per heavy atom. The van der Waals surface area contributed by atoms with Gasteiger partial charge in [-0.2, -0.15) is 5.10 Å². The number of hydrogen-bond donors (Lipinski definition) is 2. The van der Waals surface area contributed by atoms with Crippen molar-refractivity contribution in [3.63, 3.8) is 0 Å². The highest BCUT2D eigenvalue weighted by Crippen LogP contribution is 2.18. The predicted octanol–water partition coefficient (Wildman–Crippen LogP) is -0.556. The van der Waals surface area contributed by atoms with Crippen molar-refractivity contribution in [3.8, 4) is 0 Å². The molecule has 0 fully saturated rings. The first kappa shape index (κ1) is 9.72. The minimum absolute atomic E-state index is 0.0486. The summed E-state index contributed by atoms with van der Waals surface area (Å²) in [5, 5.41) is 7.35.